The smallest absolute Gasteiger partial charge is 0.321 e. The van der Waals surface area contributed by atoms with Gasteiger partial charge in [0, 0.05) is 61.8 Å². The van der Waals surface area contributed by atoms with Crippen molar-refractivity contribution < 1.29 is 23.1 Å². The average molecular weight is 615 g/mol. The number of benzene rings is 2. The summed E-state index contributed by atoms with van der Waals surface area (Å²) in [5, 5.41) is 13.6. The van der Waals surface area contributed by atoms with E-state index in [1.165, 1.54) is 30.6 Å². The number of hydrogen-bond donors (Lipinski definition) is 5. The summed E-state index contributed by atoms with van der Waals surface area (Å²) in [5.74, 6) is -1.75. The van der Waals surface area contributed by atoms with Crippen molar-refractivity contribution in [2.45, 2.75) is 0 Å². The molecule has 0 unspecified atom stereocenters. The van der Waals surface area contributed by atoms with Crippen molar-refractivity contribution in [1.29, 1.82) is 0 Å². The van der Waals surface area contributed by atoms with Crippen LogP contribution in [0.3, 0.4) is 0 Å². The predicted molar refractivity (Wildman–Crippen MR) is 160 cm³/mol. The van der Waals surface area contributed by atoms with Crippen molar-refractivity contribution in [3.05, 3.63) is 59.0 Å². The minimum absolute atomic E-state index is 0.00913. The molecule has 5 rings (SSSR count). The molecule has 42 heavy (non-hydrogen) atoms. The van der Waals surface area contributed by atoms with Gasteiger partial charge in [0.15, 0.2) is 5.13 Å². The molecule has 0 saturated carbocycles. The third kappa shape index (κ3) is 6.99. The fraction of sp³-hybridized carbons (Fsp3) is 0.259. The lowest BCUT2D eigenvalue weighted by Crippen LogP contribution is -2.46. The molecule has 220 valence electrons. The summed E-state index contributed by atoms with van der Waals surface area (Å²) in [7, 11) is 1.47. The first kappa shape index (κ1) is 29.3. The molecule has 1 fully saturated rings. The lowest BCUT2D eigenvalue weighted by molar-refractivity contribution is 0.102. The Bertz CT molecular complexity index is 1590. The highest BCUT2D eigenvalue weighted by Crippen LogP contribution is 2.39. The van der Waals surface area contributed by atoms with E-state index in [-0.39, 0.29) is 33.5 Å². The Morgan fingerprint density at radius 1 is 1.12 bits per heavy atom. The van der Waals surface area contributed by atoms with E-state index in [4.69, 9.17) is 10.5 Å². The Kier molecular flexibility index (Phi) is 9.22. The number of nitrogens with two attached hydrogens (primary N) is 1. The summed E-state index contributed by atoms with van der Waals surface area (Å²) in [4.78, 5) is 36.5. The van der Waals surface area contributed by atoms with Gasteiger partial charge in [-0.05, 0) is 24.3 Å². The summed E-state index contributed by atoms with van der Waals surface area (Å²) in [6, 6.07) is 7.84. The maximum Gasteiger partial charge on any atom is 0.321 e. The highest BCUT2D eigenvalue weighted by molar-refractivity contribution is 7.23. The molecule has 2 aromatic heterocycles. The van der Waals surface area contributed by atoms with E-state index in [1.807, 2.05) is 0 Å². The van der Waals surface area contributed by atoms with Crippen LogP contribution >= 0.6 is 22.7 Å². The van der Waals surface area contributed by atoms with Crippen LogP contribution in [0.5, 0.6) is 5.75 Å². The Labute approximate surface area is 248 Å². The lowest BCUT2D eigenvalue weighted by atomic mass is 10.1. The molecule has 1 aliphatic heterocycles. The van der Waals surface area contributed by atoms with Gasteiger partial charge in [-0.15, -0.1) is 11.3 Å². The molecule has 0 spiro atoms. The number of ether oxygens (including phenoxy) is 1. The highest BCUT2D eigenvalue weighted by Gasteiger charge is 2.20. The average Bonchev–Trinajstić information content (AvgIpc) is 3.61. The minimum Gasteiger partial charge on any atom is -0.497 e. The van der Waals surface area contributed by atoms with Crippen LogP contribution in [0.25, 0.3) is 21.1 Å². The number of carbonyl (C=O) groups is 2. The van der Waals surface area contributed by atoms with Crippen LogP contribution < -0.4 is 31.7 Å². The van der Waals surface area contributed by atoms with Crippen LogP contribution in [0.15, 0.2) is 41.8 Å². The standard InChI is InChI=1S/C27H28F2N8O3S2/c1-40-16-4-2-3-15(11-16)24(38)33-20-12-17(18(28)13-19(20)29)21-14-41-25(34-21)22-23(30)35-27(42-22)36-26(39)32-7-10-37-8-5-31-6-9-37/h2-4,11-14,31H,5-10,30H2,1H3,(H,33,38)(H2,32,35,36,39). The van der Waals surface area contributed by atoms with Crippen molar-refractivity contribution >= 4 is 51.2 Å². The van der Waals surface area contributed by atoms with Crippen LogP contribution in [0, 0.1) is 11.6 Å². The first-order valence-corrected chi connectivity index (χ1v) is 14.6. The molecule has 3 amide bonds. The topological polar surface area (TPSA) is 147 Å². The third-order valence-electron chi connectivity index (χ3n) is 6.41. The van der Waals surface area contributed by atoms with E-state index in [0.29, 0.717) is 28.2 Å². The van der Waals surface area contributed by atoms with Gasteiger partial charge in [0.1, 0.15) is 33.1 Å². The van der Waals surface area contributed by atoms with E-state index >= 15 is 0 Å². The van der Waals surface area contributed by atoms with E-state index in [0.717, 1.165) is 44.1 Å². The Balaban J connectivity index is 1.26. The maximum atomic E-state index is 14.8. The summed E-state index contributed by atoms with van der Waals surface area (Å²) in [5.41, 5.74) is 6.35. The molecular weight excluding hydrogens is 586 g/mol. The number of anilines is 3. The Hall–Kier alpha value is -4.18. The molecule has 2 aromatic carbocycles. The number of carbonyl (C=O) groups excluding carboxylic acids is 2. The van der Waals surface area contributed by atoms with Gasteiger partial charge in [-0.25, -0.2) is 23.5 Å². The van der Waals surface area contributed by atoms with Crippen LogP contribution in [0.1, 0.15) is 10.4 Å². The van der Waals surface area contributed by atoms with Crippen molar-refractivity contribution in [2.75, 3.05) is 62.7 Å². The SMILES string of the molecule is COc1cccc(C(=O)Nc2cc(-c3csc(-c4sc(NC(=O)NCCN5CCNCC5)nc4N)n3)c(F)cc2F)c1. The minimum atomic E-state index is -0.934. The molecule has 11 nitrogen and oxygen atoms in total. The molecule has 1 aliphatic rings. The molecule has 0 radical (unpaired) electrons. The molecule has 1 saturated heterocycles. The number of piperazine rings is 1. The molecule has 0 aliphatic carbocycles. The number of urea groups is 1. The predicted octanol–water partition coefficient (Wildman–Crippen LogP) is 4.08. The van der Waals surface area contributed by atoms with E-state index in [9.17, 15) is 18.4 Å². The quantitative estimate of drug-likeness (QED) is 0.190. The van der Waals surface area contributed by atoms with Gasteiger partial charge in [-0.1, -0.05) is 17.4 Å². The summed E-state index contributed by atoms with van der Waals surface area (Å²) < 4.78 is 34.6. The Morgan fingerprint density at radius 2 is 1.93 bits per heavy atom. The highest BCUT2D eigenvalue weighted by atomic mass is 32.1. The number of nitrogens with one attached hydrogen (secondary N) is 4. The number of nitrogen functional groups attached to an aromatic ring is 1. The Morgan fingerprint density at radius 3 is 2.71 bits per heavy atom. The van der Waals surface area contributed by atoms with Gasteiger partial charge in [0.25, 0.3) is 5.91 Å². The zero-order chi connectivity index (χ0) is 29.6. The van der Waals surface area contributed by atoms with Gasteiger partial charge >= 0.3 is 6.03 Å². The fourth-order valence-corrected chi connectivity index (χ4v) is 6.04. The number of aromatic nitrogens is 2. The second-order valence-electron chi connectivity index (χ2n) is 9.24. The third-order valence-corrected chi connectivity index (χ3v) is 8.39. The van der Waals surface area contributed by atoms with E-state index in [2.05, 4.69) is 36.1 Å². The number of thiazole rings is 2. The first-order chi connectivity index (χ1) is 20.3. The largest absolute Gasteiger partial charge is 0.497 e. The molecular formula is C27H28F2N8O3S2. The second kappa shape index (κ2) is 13.2. The van der Waals surface area contributed by atoms with Crippen molar-refractivity contribution in [2.24, 2.45) is 0 Å². The summed E-state index contributed by atoms with van der Waals surface area (Å²) in [6.45, 7) is 4.97. The number of hydrogen-bond acceptors (Lipinski definition) is 10. The van der Waals surface area contributed by atoms with Crippen molar-refractivity contribution in [3.63, 3.8) is 0 Å². The number of nitrogens with zero attached hydrogens (tertiary/aromatic N) is 3. The van der Waals surface area contributed by atoms with Crippen molar-refractivity contribution in [3.8, 4) is 26.9 Å². The molecule has 0 atom stereocenters. The van der Waals surface area contributed by atoms with Crippen LogP contribution in [-0.4, -0.2) is 73.2 Å². The number of amides is 3. The second-order valence-corrected chi connectivity index (χ2v) is 11.1. The summed E-state index contributed by atoms with van der Waals surface area (Å²) >= 11 is 2.32. The molecule has 0 bridgehead atoms. The lowest BCUT2D eigenvalue weighted by Gasteiger charge is -2.27. The maximum absolute atomic E-state index is 14.8. The normalized spacial score (nSPS) is 13.5. The van der Waals surface area contributed by atoms with E-state index < -0.39 is 23.6 Å². The molecule has 15 heteroatoms. The monoisotopic (exact) mass is 614 g/mol. The van der Waals surface area contributed by atoms with E-state index in [1.54, 1.807) is 23.6 Å². The van der Waals surface area contributed by atoms with Gasteiger partial charge in [-0.2, -0.15) is 0 Å². The number of halogens is 2. The zero-order valence-corrected chi connectivity index (χ0v) is 24.1. The molecule has 4 aromatic rings. The number of rotatable bonds is 9. The first-order valence-electron chi connectivity index (χ1n) is 13.0. The fourth-order valence-electron chi connectivity index (χ4n) is 4.24. The van der Waals surface area contributed by atoms with Gasteiger partial charge < -0.3 is 26.4 Å². The van der Waals surface area contributed by atoms with Gasteiger partial charge in [0.05, 0.1) is 18.5 Å². The van der Waals surface area contributed by atoms with Crippen LogP contribution in [0.2, 0.25) is 0 Å². The van der Waals surface area contributed by atoms with Gasteiger partial charge in [-0.3, -0.25) is 15.0 Å². The van der Waals surface area contributed by atoms with Gasteiger partial charge in [0.2, 0.25) is 0 Å². The van der Waals surface area contributed by atoms with Crippen molar-refractivity contribution in [1.82, 2.24) is 25.5 Å². The summed E-state index contributed by atoms with van der Waals surface area (Å²) in [6.07, 6.45) is 0. The number of methoxy groups -OCH3 is 1. The molecule has 6 N–H and O–H groups in total. The molecule has 3 heterocycles. The van der Waals surface area contributed by atoms with Crippen LogP contribution in [0.4, 0.5) is 30.2 Å². The van der Waals surface area contributed by atoms with Crippen LogP contribution in [-0.2, 0) is 0 Å². The zero-order valence-electron chi connectivity index (χ0n) is 22.5.